The lowest BCUT2D eigenvalue weighted by atomic mass is 10.5. The number of nitrogens with zero attached hydrogens (tertiary/aromatic N) is 2. The Labute approximate surface area is 88.4 Å². The first kappa shape index (κ1) is 11.0. The molecule has 0 aliphatic heterocycles. The molecular weight excluding hydrogens is 200 g/mol. The maximum atomic E-state index is 4.22. The van der Waals surface area contributed by atoms with Gasteiger partial charge in [0.05, 0.1) is 15.4 Å². The fraction of sp³-hybridized carbons (Fsp3) is 0.667. The van der Waals surface area contributed by atoms with Crippen molar-refractivity contribution in [2.45, 2.75) is 17.6 Å². The molecule has 0 atom stereocenters. The monoisotopic (exact) mass is 216 g/mol. The molecule has 1 rings (SSSR count). The van der Waals surface area contributed by atoms with Crippen LogP contribution in [-0.4, -0.2) is 36.3 Å². The molecule has 0 radical (unpaired) electrons. The van der Waals surface area contributed by atoms with E-state index in [1.54, 1.807) is 11.3 Å². The average Bonchev–Trinajstić information content (AvgIpc) is 2.45. The Morgan fingerprint density at radius 3 is 2.85 bits per heavy atom. The van der Waals surface area contributed by atoms with E-state index in [0.29, 0.717) is 0 Å². The summed E-state index contributed by atoms with van der Waals surface area (Å²) in [4.78, 5) is 6.44. The van der Waals surface area contributed by atoms with Gasteiger partial charge in [-0.2, -0.15) is 0 Å². The molecule has 0 spiro atoms. The van der Waals surface area contributed by atoms with Crippen LogP contribution in [0.15, 0.2) is 10.4 Å². The lowest BCUT2D eigenvalue weighted by molar-refractivity contribution is 0.410. The van der Waals surface area contributed by atoms with Crippen molar-refractivity contribution in [3.63, 3.8) is 0 Å². The molecule has 4 heteroatoms. The third-order valence-corrected chi connectivity index (χ3v) is 3.79. The van der Waals surface area contributed by atoms with Crippen molar-refractivity contribution in [1.29, 1.82) is 0 Å². The molecule has 0 bridgehead atoms. The number of rotatable bonds is 5. The van der Waals surface area contributed by atoms with E-state index in [-0.39, 0.29) is 0 Å². The number of hydrogen-bond acceptors (Lipinski definition) is 4. The van der Waals surface area contributed by atoms with Gasteiger partial charge in [0.1, 0.15) is 0 Å². The summed E-state index contributed by atoms with van der Waals surface area (Å²) in [6.45, 7) is 3.22. The minimum Gasteiger partial charge on any atom is -0.309 e. The highest BCUT2D eigenvalue weighted by molar-refractivity contribution is 8.01. The number of aromatic nitrogens is 1. The Kier molecular flexibility index (Phi) is 4.77. The molecule has 0 saturated carbocycles. The zero-order valence-corrected chi connectivity index (χ0v) is 10.0. The summed E-state index contributed by atoms with van der Waals surface area (Å²) >= 11 is 3.70. The van der Waals surface area contributed by atoms with Crippen molar-refractivity contribution < 1.29 is 0 Å². The van der Waals surface area contributed by atoms with Gasteiger partial charge in [-0.25, -0.2) is 4.98 Å². The number of thioether (sulfide) groups is 1. The van der Waals surface area contributed by atoms with Gasteiger partial charge in [-0.15, -0.1) is 23.1 Å². The second-order valence-electron chi connectivity index (χ2n) is 3.20. The van der Waals surface area contributed by atoms with Gasteiger partial charge in [-0.3, -0.25) is 0 Å². The van der Waals surface area contributed by atoms with E-state index in [1.165, 1.54) is 22.9 Å². The molecule has 0 fully saturated rings. The minimum atomic E-state index is 1.16. The smallest absolute Gasteiger partial charge is 0.0905 e. The molecule has 13 heavy (non-hydrogen) atoms. The zero-order valence-electron chi connectivity index (χ0n) is 8.41. The van der Waals surface area contributed by atoms with Gasteiger partial charge in [0.15, 0.2) is 0 Å². The third kappa shape index (κ3) is 4.64. The summed E-state index contributed by atoms with van der Waals surface area (Å²) in [6, 6.07) is 0. The molecule has 0 N–H and O–H groups in total. The highest BCUT2D eigenvalue weighted by Gasteiger charge is 1.98. The van der Waals surface area contributed by atoms with Crippen molar-refractivity contribution in [3.05, 3.63) is 11.2 Å². The van der Waals surface area contributed by atoms with Crippen LogP contribution in [-0.2, 0) is 0 Å². The van der Waals surface area contributed by atoms with Gasteiger partial charge in [0.25, 0.3) is 0 Å². The second kappa shape index (κ2) is 5.62. The molecule has 1 aromatic heterocycles. The minimum absolute atomic E-state index is 1.16. The summed E-state index contributed by atoms with van der Waals surface area (Å²) < 4.78 is 1.34. The number of hydrogen-bond donors (Lipinski definition) is 0. The molecule has 1 heterocycles. The largest absolute Gasteiger partial charge is 0.309 e. The van der Waals surface area contributed by atoms with Gasteiger partial charge in [-0.05, 0) is 34.0 Å². The van der Waals surface area contributed by atoms with Crippen molar-refractivity contribution in [2.24, 2.45) is 0 Å². The zero-order chi connectivity index (χ0) is 9.68. The highest BCUT2D eigenvalue weighted by Crippen LogP contribution is 2.24. The van der Waals surface area contributed by atoms with E-state index in [9.17, 15) is 0 Å². The van der Waals surface area contributed by atoms with Gasteiger partial charge < -0.3 is 4.90 Å². The van der Waals surface area contributed by atoms with Crippen LogP contribution in [0.5, 0.6) is 0 Å². The van der Waals surface area contributed by atoms with Crippen molar-refractivity contribution in [2.75, 3.05) is 26.4 Å². The lowest BCUT2D eigenvalue weighted by Gasteiger charge is -2.07. The van der Waals surface area contributed by atoms with Crippen molar-refractivity contribution >= 4 is 23.1 Å². The number of thiazole rings is 1. The van der Waals surface area contributed by atoms with Crippen LogP contribution < -0.4 is 0 Å². The lowest BCUT2D eigenvalue weighted by Crippen LogP contribution is -2.13. The molecule has 2 nitrogen and oxygen atoms in total. The molecule has 0 aliphatic carbocycles. The van der Waals surface area contributed by atoms with Gasteiger partial charge in [-0.1, -0.05) is 0 Å². The van der Waals surface area contributed by atoms with E-state index in [0.717, 1.165) is 5.01 Å². The quantitative estimate of drug-likeness (QED) is 0.556. The van der Waals surface area contributed by atoms with E-state index in [4.69, 9.17) is 0 Å². The molecule has 1 aromatic rings. The fourth-order valence-electron chi connectivity index (χ4n) is 0.962. The van der Waals surface area contributed by atoms with Crippen molar-refractivity contribution in [3.8, 4) is 0 Å². The maximum absolute atomic E-state index is 4.22. The summed E-state index contributed by atoms with van der Waals surface area (Å²) in [7, 11) is 4.23. The summed E-state index contributed by atoms with van der Waals surface area (Å²) in [5.41, 5.74) is 0. The first-order valence-corrected chi connectivity index (χ1v) is 6.18. The predicted molar refractivity (Wildman–Crippen MR) is 60.7 cm³/mol. The van der Waals surface area contributed by atoms with Crippen molar-refractivity contribution in [1.82, 2.24) is 9.88 Å². The highest BCUT2D eigenvalue weighted by atomic mass is 32.2. The van der Waals surface area contributed by atoms with E-state index >= 15 is 0 Å². The van der Waals surface area contributed by atoms with Crippen LogP contribution >= 0.6 is 23.1 Å². The van der Waals surface area contributed by atoms with Crippen LogP contribution in [0.25, 0.3) is 0 Å². The van der Waals surface area contributed by atoms with Crippen LogP contribution in [0.3, 0.4) is 0 Å². The first-order chi connectivity index (χ1) is 6.18. The molecular formula is C9H16N2S2. The average molecular weight is 216 g/mol. The van der Waals surface area contributed by atoms with Gasteiger partial charge in [0, 0.05) is 5.75 Å². The summed E-state index contributed by atoms with van der Waals surface area (Å²) in [6.07, 6.45) is 3.22. The Morgan fingerprint density at radius 1 is 1.54 bits per heavy atom. The Morgan fingerprint density at radius 2 is 2.31 bits per heavy atom. The summed E-state index contributed by atoms with van der Waals surface area (Å²) in [5, 5.41) is 1.16. The molecule has 0 aromatic carbocycles. The molecule has 0 saturated heterocycles. The molecule has 0 amide bonds. The van der Waals surface area contributed by atoms with Crippen LogP contribution in [0.1, 0.15) is 11.4 Å². The Balaban J connectivity index is 2.13. The number of aryl methyl sites for hydroxylation is 1. The van der Waals surface area contributed by atoms with Crippen LogP contribution in [0, 0.1) is 6.92 Å². The second-order valence-corrected chi connectivity index (χ2v) is 5.83. The first-order valence-electron chi connectivity index (χ1n) is 4.38. The van der Waals surface area contributed by atoms with Gasteiger partial charge in [0.2, 0.25) is 0 Å². The maximum Gasteiger partial charge on any atom is 0.0905 e. The molecule has 0 aliphatic rings. The standard InChI is InChI=1S/C9H16N2S2/c1-8-10-7-9(13-8)12-6-4-5-11(2)3/h7H,4-6H2,1-3H3. The normalized spacial score (nSPS) is 11.1. The molecule has 0 unspecified atom stereocenters. The van der Waals surface area contributed by atoms with Crippen LogP contribution in [0.2, 0.25) is 0 Å². The Hall–Kier alpha value is -0.0600. The fourth-order valence-corrected chi connectivity index (χ4v) is 2.91. The SMILES string of the molecule is Cc1ncc(SCCCN(C)C)s1. The third-order valence-electron chi connectivity index (χ3n) is 1.59. The predicted octanol–water partition coefficient (Wildman–Crippen LogP) is 2.50. The Bertz CT molecular complexity index is 246. The van der Waals surface area contributed by atoms with Crippen LogP contribution in [0.4, 0.5) is 0 Å². The van der Waals surface area contributed by atoms with E-state index in [2.05, 4.69) is 30.9 Å². The van der Waals surface area contributed by atoms with E-state index in [1.807, 2.05) is 18.0 Å². The topological polar surface area (TPSA) is 16.1 Å². The van der Waals surface area contributed by atoms with E-state index < -0.39 is 0 Å². The molecule has 74 valence electrons. The van der Waals surface area contributed by atoms with Gasteiger partial charge >= 0.3 is 0 Å². The summed E-state index contributed by atoms with van der Waals surface area (Å²) in [5.74, 6) is 1.19.